The second-order valence-corrected chi connectivity index (χ2v) is 10.3. The largest absolute Gasteiger partial charge is 1.00 e. The third kappa shape index (κ3) is 9.24. The fraction of sp³-hybridized carbons (Fsp3) is 0.545. The van der Waals surface area contributed by atoms with Gasteiger partial charge >= 0.3 is 164 Å². The van der Waals surface area contributed by atoms with Crippen molar-refractivity contribution in [3.8, 4) is 0 Å². The minimum absolute atomic E-state index is 0. The zero-order chi connectivity index (χ0) is 17.5. The van der Waals surface area contributed by atoms with Gasteiger partial charge in [0.05, 0.1) is 0 Å². The second kappa shape index (κ2) is 15.4. The number of benzene rings is 1. The number of halogens is 3. The molecule has 0 radical (unpaired) electrons. The van der Waals surface area contributed by atoms with Crippen LogP contribution >= 0.6 is 0 Å². The smallest absolute Gasteiger partial charge is 1.00 e. The number of aryl methyl sites for hydroxylation is 2. The third-order valence-corrected chi connectivity index (χ3v) is 8.01. The Balaban J connectivity index is 0. The van der Waals surface area contributed by atoms with E-state index < -0.39 is 0 Å². The summed E-state index contributed by atoms with van der Waals surface area (Å²) in [6.45, 7) is 9.11. The van der Waals surface area contributed by atoms with Gasteiger partial charge in [-0.2, -0.15) is 0 Å². The monoisotopic (exact) mass is 478 g/mol. The SMILES string of the molecule is CCCCCC1=[C]([Ti+3])C(CCCC)=C([SiH2]c2cc(C)cc(C)c2)C1.[Cl-].[Cl-].[Cl-]. The van der Waals surface area contributed by atoms with Gasteiger partial charge in [0.15, 0.2) is 0 Å². The van der Waals surface area contributed by atoms with Gasteiger partial charge in [-0.1, -0.05) is 0 Å². The Morgan fingerprint density at radius 1 is 0.852 bits per heavy atom. The van der Waals surface area contributed by atoms with Crippen molar-refractivity contribution in [3.05, 3.63) is 49.5 Å². The van der Waals surface area contributed by atoms with Crippen LogP contribution in [0.15, 0.2) is 38.4 Å². The fourth-order valence-corrected chi connectivity index (χ4v) is 7.30. The third-order valence-electron chi connectivity index (χ3n) is 5.07. The second-order valence-electron chi connectivity index (χ2n) is 7.47. The summed E-state index contributed by atoms with van der Waals surface area (Å²) in [6, 6.07) is 7.18. The molecule has 0 aliphatic heterocycles. The quantitative estimate of drug-likeness (QED) is 0.253. The Labute approximate surface area is 199 Å². The van der Waals surface area contributed by atoms with Crippen LogP contribution in [0, 0.1) is 13.8 Å². The van der Waals surface area contributed by atoms with Gasteiger partial charge in [0.25, 0.3) is 0 Å². The van der Waals surface area contributed by atoms with Crippen LogP contribution < -0.4 is 42.4 Å². The first kappa shape index (κ1) is 29.7. The van der Waals surface area contributed by atoms with Crippen molar-refractivity contribution in [1.82, 2.24) is 0 Å². The fourth-order valence-electron chi connectivity index (χ4n) is 3.89. The first-order chi connectivity index (χ1) is 11.5. The van der Waals surface area contributed by atoms with Crippen LogP contribution in [-0.4, -0.2) is 9.52 Å². The van der Waals surface area contributed by atoms with Gasteiger partial charge in [-0.05, 0) is 0 Å². The van der Waals surface area contributed by atoms with Crippen LogP contribution in [0.5, 0.6) is 0 Å². The maximum Gasteiger partial charge on any atom is -1.00 e. The molecule has 0 N–H and O–H groups in total. The molecule has 2 rings (SSSR count). The van der Waals surface area contributed by atoms with E-state index in [4.69, 9.17) is 0 Å². The first-order valence-electron chi connectivity index (χ1n) is 9.77. The standard InChI is InChI=1S/C22H33Si.3ClH.Ti/c1-5-7-9-10-19-15-20(11-8-6-2)22(16-19)23-21-13-17(3)12-18(4)14-21;;;;/h12-14H,5-11,16,23H2,1-4H3;3*1H;/q;;;;+3/p-3. The molecule has 0 aromatic heterocycles. The van der Waals surface area contributed by atoms with Gasteiger partial charge in [0.2, 0.25) is 0 Å². The molecule has 0 saturated heterocycles. The Bertz CT molecular complexity index is 618. The molecule has 0 bridgehead atoms. The molecule has 1 aromatic rings. The molecule has 27 heavy (non-hydrogen) atoms. The van der Waals surface area contributed by atoms with E-state index in [0.29, 0.717) is 0 Å². The van der Waals surface area contributed by atoms with Gasteiger partial charge in [-0.25, -0.2) is 0 Å². The Morgan fingerprint density at radius 2 is 1.44 bits per heavy atom. The van der Waals surface area contributed by atoms with Crippen molar-refractivity contribution in [1.29, 1.82) is 0 Å². The molecule has 0 saturated carbocycles. The molecule has 0 amide bonds. The number of unbranched alkanes of at least 4 members (excludes halogenated alkanes) is 3. The zero-order valence-electron chi connectivity index (χ0n) is 17.2. The summed E-state index contributed by atoms with van der Waals surface area (Å²) >= 11 is 2.41. The average molecular weight is 480 g/mol. The van der Waals surface area contributed by atoms with Crippen molar-refractivity contribution in [2.24, 2.45) is 0 Å². The van der Waals surface area contributed by atoms with Crippen LogP contribution in [0.1, 0.15) is 76.3 Å². The summed E-state index contributed by atoms with van der Waals surface area (Å²) < 4.78 is 1.67. The molecule has 1 aliphatic rings. The molecule has 0 fully saturated rings. The molecular weight excluding hydrogens is 447 g/mol. The predicted octanol–water partition coefficient (Wildman–Crippen LogP) is -3.66. The predicted molar refractivity (Wildman–Crippen MR) is 106 cm³/mol. The van der Waals surface area contributed by atoms with Crippen molar-refractivity contribution in [2.75, 3.05) is 0 Å². The molecule has 150 valence electrons. The molecular formula is C22H33Cl3SiTi. The van der Waals surface area contributed by atoms with Crippen molar-refractivity contribution < 1.29 is 57.7 Å². The summed E-state index contributed by atoms with van der Waals surface area (Å²) in [4.78, 5) is 0. The van der Waals surface area contributed by atoms with E-state index in [-0.39, 0.29) is 46.7 Å². The average Bonchev–Trinajstić information content (AvgIpc) is 2.80. The maximum atomic E-state index is 2.44. The number of allylic oxidation sites excluding steroid dienone is 4. The van der Waals surface area contributed by atoms with Gasteiger partial charge in [-0.3, -0.25) is 0 Å². The summed E-state index contributed by atoms with van der Waals surface area (Å²) in [6.07, 6.45) is 10.7. The van der Waals surface area contributed by atoms with Crippen LogP contribution in [0.3, 0.4) is 0 Å². The zero-order valence-corrected chi connectivity index (χ0v) is 22.5. The van der Waals surface area contributed by atoms with E-state index in [1.54, 1.807) is 20.2 Å². The Hall–Kier alpha value is 0.501. The minimum atomic E-state index is -0.307. The Morgan fingerprint density at radius 3 is 2.00 bits per heavy atom. The van der Waals surface area contributed by atoms with E-state index in [1.165, 1.54) is 62.5 Å². The topological polar surface area (TPSA) is 0 Å². The maximum absolute atomic E-state index is 2.44. The van der Waals surface area contributed by atoms with Crippen LogP contribution in [-0.2, 0) is 20.4 Å². The summed E-state index contributed by atoms with van der Waals surface area (Å²) in [5, 5.41) is 3.48. The van der Waals surface area contributed by atoms with E-state index in [2.05, 4.69) is 66.3 Å². The normalized spacial score (nSPS) is 13.7. The van der Waals surface area contributed by atoms with E-state index in [1.807, 2.05) is 5.20 Å². The molecule has 0 atom stereocenters. The van der Waals surface area contributed by atoms with Crippen molar-refractivity contribution >= 4 is 14.7 Å². The van der Waals surface area contributed by atoms with E-state index in [9.17, 15) is 0 Å². The first-order valence-corrected chi connectivity index (χ1v) is 12.0. The van der Waals surface area contributed by atoms with E-state index >= 15 is 0 Å². The minimum Gasteiger partial charge on any atom is -1.00 e. The van der Waals surface area contributed by atoms with Crippen LogP contribution in [0.25, 0.3) is 0 Å². The van der Waals surface area contributed by atoms with Gasteiger partial charge in [0.1, 0.15) is 0 Å². The molecule has 0 nitrogen and oxygen atoms in total. The summed E-state index contributed by atoms with van der Waals surface area (Å²) in [7, 11) is -0.307. The van der Waals surface area contributed by atoms with E-state index in [0.717, 1.165) is 0 Å². The van der Waals surface area contributed by atoms with Gasteiger partial charge in [-0.15, -0.1) is 0 Å². The number of hydrogen-bond acceptors (Lipinski definition) is 0. The Kier molecular flexibility index (Phi) is 16.9. The number of rotatable bonds is 9. The van der Waals surface area contributed by atoms with Crippen LogP contribution in [0.2, 0.25) is 0 Å². The van der Waals surface area contributed by atoms with Gasteiger partial charge < -0.3 is 37.2 Å². The summed E-state index contributed by atoms with van der Waals surface area (Å²) in [5.41, 5.74) is 6.38. The van der Waals surface area contributed by atoms with Gasteiger partial charge in [0, 0.05) is 0 Å². The molecule has 0 spiro atoms. The van der Waals surface area contributed by atoms with Crippen molar-refractivity contribution in [3.63, 3.8) is 0 Å². The molecule has 0 unspecified atom stereocenters. The van der Waals surface area contributed by atoms with Crippen LogP contribution in [0.4, 0.5) is 0 Å². The summed E-state index contributed by atoms with van der Waals surface area (Å²) in [5.74, 6) is 0. The molecule has 1 aliphatic carbocycles. The molecule has 5 heteroatoms. The number of hydrogen-bond donors (Lipinski definition) is 0. The van der Waals surface area contributed by atoms with Crippen molar-refractivity contribution in [2.45, 2.75) is 79.1 Å². The molecule has 0 heterocycles. The molecule has 1 aromatic carbocycles.